The second-order valence-corrected chi connectivity index (χ2v) is 6.71. The zero-order valence-electron chi connectivity index (χ0n) is 12.2. The largest absolute Gasteiger partial charge is 0.486 e. The van der Waals surface area contributed by atoms with E-state index in [0.717, 1.165) is 10.2 Å². The van der Waals surface area contributed by atoms with E-state index in [1.165, 1.54) is 11.8 Å². The smallest absolute Gasteiger partial charge is 0.316 e. The Balaban J connectivity index is 2.06. The van der Waals surface area contributed by atoms with E-state index >= 15 is 0 Å². The molecule has 0 unspecified atom stereocenters. The molecule has 0 aliphatic rings. The Kier molecular flexibility index (Phi) is 5.84. The topological polar surface area (TPSA) is 77.2 Å². The van der Waals surface area contributed by atoms with Crippen LogP contribution < -0.4 is 4.74 Å². The predicted octanol–water partition coefficient (Wildman–Crippen LogP) is 3.20. The summed E-state index contributed by atoms with van der Waals surface area (Å²) in [6.07, 6.45) is 0. The van der Waals surface area contributed by atoms with Crippen LogP contribution in [-0.2, 0) is 17.9 Å². The normalized spacial score (nSPS) is 12.1. The van der Waals surface area contributed by atoms with Crippen LogP contribution in [-0.4, -0.2) is 31.1 Å². The van der Waals surface area contributed by atoms with Crippen molar-refractivity contribution in [1.29, 1.82) is 0 Å². The molecule has 1 atom stereocenters. The Bertz CT molecular complexity index is 645. The number of ether oxygens (including phenoxy) is 1. The number of aliphatic carboxylic acids is 1. The van der Waals surface area contributed by atoms with Crippen molar-refractivity contribution in [3.63, 3.8) is 0 Å². The van der Waals surface area contributed by atoms with Gasteiger partial charge in [0.15, 0.2) is 11.0 Å². The van der Waals surface area contributed by atoms with E-state index in [0.29, 0.717) is 17.5 Å². The molecule has 118 valence electrons. The number of hydrogen-bond donors (Lipinski definition) is 1. The third kappa shape index (κ3) is 4.23. The van der Waals surface area contributed by atoms with Crippen LogP contribution in [0.5, 0.6) is 5.75 Å². The molecule has 0 amide bonds. The molecule has 1 N–H and O–H groups in total. The van der Waals surface area contributed by atoms with Gasteiger partial charge in [-0.15, -0.1) is 10.2 Å². The van der Waals surface area contributed by atoms with Crippen LogP contribution in [0.3, 0.4) is 0 Å². The van der Waals surface area contributed by atoms with Crippen LogP contribution in [0.2, 0.25) is 0 Å². The maximum Gasteiger partial charge on any atom is 0.316 e. The lowest BCUT2D eigenvalue weighted by molar-refractivity contribution is -0.136. The molecule has 2 aromatic rings. The molecular formula is C14H16BrN3O3S. The Labute approximate surface area is 141 Å². The average molecular weight is 386 g/mol. The van der Waals surface area contributed by atoms with Crippen LogP contribution in [0.25, 0.3) is 0 Å². The molecule has 1 aromatic heterocycles. The summed E-state index contributed by atoms with van der Waals surface area (Å²) in [4.78, 5) is 10.9. The maximum atomic E-state index is 10.9. The highest BCUT2D eigenvalue weighted by Gasteiger charge is 2.19. The molecule has 0 spiro atoms. The number of hydrogen-bond acceptors (Lipinski definition) is 5. The van der Waals surface area contributed by atoms with Gasteiger partial charge >= 0.3 is 5.97 Å². The van der Waals surface area contributed by atoms with Crippen molar-refractivity contribution >= 4 is 33.7 Å². The molecule has 0 saturated carbocycles. The minimum absolute atomic E-state index is 0.282. The van der Waals surface area contributed by atoms with Crippen molar-refractivity contribution in [2.24, 2.45) is 0 Å². The summed E-state index contributed by atoms with van der Waals surface area (Å²) in [5.74, 6) is 0.538. The van der Waals surface area contributed by atoms with E-state index in [1.54, 1.807) is 6.92 Å². The molecule has 1 aromatic carbocycles. The summed E-state index contributed by atoms with van der Waals surface area (Å²) in [7, 11) is 0. The zero-order chi connectivity index (χ0) is 16.1. The van der Waals surface area contributed by atoms with Crippen molar-refractivity contribution in [1.82, 2.24) is 14.8 Å². The Morgan fingerprint density at radius 3 is 2.68 bits per heavy atom. The molecule has 6 nitrogen and oxygen atoms in total. The van der Waals surface area contributed by atoms with Gasteiger partial charge in [-0.1, -0.05) is 27.7 Å². The molecule has 8 heteroatoms. The number of carbonyl (C=O) groups is 1. The molecule has 2 rings (SSSR count). The SMILES string of the molecule is CCn1c(COc2ccc(Br)cc2)nnc1S[C@H](C)C(=O)O. The molecule has 0 fully saturated rings. The van der Waals surface area contributed by atoms with Gasteiger partial charge in [0.25, 0.3) is 0 Å². The van der Waals surface area contributed by atoms with Gasteiger partial charge < -0.3 is 14.4 Å². The molecule has 22 heavy (non-hydrogen) atoms. The summed E-state index contributed by atoms with van der Waals surface area (Å²) in [6, 6.07) is 7.52. The van der Waals surface area contributed by atoms with E-state index in [1.807, 2.05) is 35.8 Å². The summed E-state index contributed by atoms with van der Waals surface area (Å²) < 4.78 is 8.53. The lowest BCUT2D eigenvalue weighted by atomic mass is 10.3. The van der Waals surface area contributed by atoms with Crippen LogP contribution in [0.1, 0.15) is 19.7 Å². The summed E-state index contributed by atoms with van der Waals surface area (Å²) in [5, 5.41) is 17.2. The summed E-state index contributed by atoms with van der Waals surface area (Å²) >= 11 is 4.54. The van der Waals surface area contributed by atoms with Gasteiger partial charge in [-0.05, 0) is 38.1 Å². The van der Waals surface area contributed by atoms with Gasteiger partial charge in [0.05, 0.1) is 0 Å². The molecule has 0 aliphatic carbocycles. The first kappa shape index (κ1) is 16.8. The standard InChI is InChI=1S/C14H16BrN3O3S/c1-3-18-12(8-21-11-6-4-10(15)5-7-11)16-17-14(18)22-9(2)13(19)20/h4-7,9H,3,8H2,1-2H3,(H,19,20)/t9-/m1/s1. The average Bonchev–Trinajstić information content (AvgIpc) is 2.88. The Morgan fingerprint density at radius 1 is 1.41 bits per heavy atom. The molecule has 0 aliphatic heterocycles. The van der Waals surface area contributed by atoms with Crippen molar-refractivity contribution in [2.45, 2.75) is 37.4 Å². The summed E-state index contributed by atoms with van der Waals surface area (Å²) in [6.45, 7) is 4.52. The van der Waals surface area contributed by atoms with Crippen molar-refractivity contribution in [3.05, 3.63) is 34.6 Å². The number of benzene rings is 1. The van der Waals surface area contributed by atoms with Crippen molar-refractivity contribution < 1.29 is 14.6 Å². The molecule has 0 saturated heterocycles. The maximum absolute atomic E-state index is 10.9. The molecular weight excluding hydrogens is 370 g/mol. The van der Waals surface area contributed by atoms with Crippen LogP contribution in [0.15, 0.2) is 33.9 Å². The molecule has 0 bridgehead atoms. The first-order chi connectivity index (χ1) is 10.5. The lowest BCUT2D eigenvalue weighted by Crippen LogP contribution is -2.13. The Hall–Kier alpha value is -1.54. The van der Waals surface area contributed by atoms with E-state index in [2.05, 4.69) is 26.1 Å². The van der Waals surface area contributed by atoms with Crippen molar-refractivity contribution in [2.75, 3.05) is 0 Å². The third-order valence-electron chi connectivity index (χ3n) is 2.92. The van der Waals surface area contributed by atoms with E-state index < -0.39 is 11.2 Å². The fourth-order valence-electron chi connectivity index (χ4n) is 1.72. The van der Waals surface area contributed by atoms with Gasteiger partial charge in [-0.3, -0.25) is 4.79 Å². The monoisotopic (exact) mass is 385 g/mol. The highest BCUT2D eigenvalue weighted by Crippen LogP contribution is 2.23. The fourth-order valence-corrected chi connectivity index (χ4v) is 2.85. The van der Waals surface area contributed by atoms with Gasteiger partial charge in [0, 0.05) is 11.0 Å². The van der Waals surface area contributed by atoms with E-state index in [-0.39, 0.29) is 6.61 Å². The lowest BCUT2D eigenvalue weighted by Gasteiger charge is -2.10. The quantitative estimate of drug-likeness (QED) is 0.737. The second-order valence-electron chi connectivity index (χ2n) is 4.48. The number of thioether (sulfide) groups is 1. The number of aromatic nitrogens is 3. The number of nitrogens with zero attached hydrogens (tertiary/aromatic N) is 3. The zero-order valence-corrected chi connectivity index (χ0v) is 14.6. The number of halogens is 1. The van der Waals surface area contributed by atoms with Gasteiger partial charge in [0.2, 0.25) is 0 Å². The van der Waals surface area contributed by atoms with Crippen LogP contribution in [0.4, 0.5) is 0 Å². The Morgan fingerprint density at radius 2 is 2.09 bits per heavy atom. The minimum atomic E-state index is -0.872. The van der Waals surface area contributed by atoms with E-state index in [9.17, 15) is 4.79 Å². The highest BCUT2D eigenvalue weighted by atomic mass is 79.9. The third-order valence-corrected chi connectivity index (χ3v) is 4.52. The highest BCUT2D eigenvalue weighted by molar-refractivity contribution is 9.10. The molecule has 1 heterocycles. The van der Waals surface area contributed by atoms with Gasteiger partial charge in [0.1, 0.15) is 17.6 Å². The minimum Gasteiger partial charge on any atom is -0.486 e. The van der Waals surface area contributed by atoms with Gasteiger partial charge in [-0.25, -0.2) is 0 Å². The molecule has 0 radical (unpaired) electrons. The van der Waals surface area contributed by atoms with Gasteiger partial charge in [-0.2, -0.15) is 0 Å². The first-order valence-corrected chi connectivity index (χ1v) is 8.38. The number of carboxylic acids is 1. The second kappa shape index (κ2) is 7.64. The fraction of sp³-hybridized carbons (Fsp3) is 0.357. The van der Waals surface area contributed by atoms with Crippen LogP contribution >= 0.6 is 27.7 Å². The van der Waals surface area contributed by atoms with Crippen LogP contribution in [0, 0.1) is 0 Å². The predicted molar refractivity (Wildman–Crippen MR) is 87.1 cm³/mol. The van der Waals surface area contributed by atoms with E-state index in [4.69, 9.17) is 9.84 Å². The van der Waals surface area contributed by atoms with Crippen molar-refractivity contribution in [3.8, 4) is 5.75 Å². The number of rotatable bonds is 7. The summed E-state index contributed by atoms with van der Waals surface area (Å²) in [5.41, 5.74) is 0. The first-order valence-electron chi connectivity index (χ1n) is 6.71. The number of carboxylic acid groups (broad SMARTS) is 1.